The second-order valence-corrected chi connectivity index (χ2v) is 7.95. The van der Waals surface area contributed by atoms with Gasteiger partial charge in [-0.2, -0.15) is 0 Å². The van der Waals surface area contributed by atoms with Crippen LogP contribution in [0, 0.1) is 6.92 Å². The van der Waals surface area contributed by atoms with Crippen LogP contribution in [0.5, 0.6) is 0 Å². The summed E-state index contributed by atoms with van der Waals surface area (Å²) in [5, 5.41) is 3.28. The van der Waals surface area contributed by atoms with E-state index in [0.29, 0.717) is 10.8 Å². The monoisotopic (exact) mass is 364 g/mol. The molecule has 0 amide bonds. The van der Waals surface area contributed by atoms with Crippen LogP contribution in [0.15, 0.2) is 53.4 Å². The average Bonchev–Trinajstić information content (AvgIpc) is 2.53. The molecule has 0 aliphatic heterocycles. The summed E-state index contributed by atoms with van der Waals surface area (Å²) >= 11 is 5.21. The third-order valence-electron chi connectivity index (χ3n) is 3.21. The molecule has 0 aliphatic rings. The molecule has 128 valence electrons. The van der Waals surface area contributed by atoms with Crippen molar-refractivity contribution in [2.24, 2.45) is 0 Å². The van der Waals surface area contributed by atoms with Crippen LogP contribution in [0.25, 0.3) is 0 Å². The Morgan fingerprint density at radius 1 is 1.04 bits per heavy atom. The van der Waals surface area contributed by atoms with Gasteiger partial charge in [0.25, 0.3) is 0 Å². The summed E-state index contributed by atoms with van der Waals surface area (Å²) in [7, 11) is -0.494. The predicted octanol–water partition coefficient (Wildman–Crippen LogP) is 2.56. The van der Waals surface area contributed by atoms with Gasteiger partial charge in [0.1, 0.15) is 0 Å². The minimum atomic E-state index is -3.48. The smallest absolute Gasteiger partial charge is 0.242 e. The molecule has 0 spiro atoms. The lowest BCUT2D eigenvalue weighted by atomic mass is 10.2. The number of hydrogen-bond acceptors (Lipinski definition) is 4. The van der Waals surface area contributed by atoms with Gasteiger partial charge in [-0.25, -0.2) is 12.7 Å². The zero-order valence-electron chi connectivity index (χ0n) is 13.7. The van der Waals surface area contributed by atoms with Crippen molar-refractivity contribution in [3.8, 4) is 0 Å². The van der Waals surface area contributed by atoms with E-state index >= 15 is 0 Å². The molecule has 0 aromatic heterocycles. The van der Waals surface area contributed by atoms with Crippen LogP contribution in [0.1, 0.15) is 5.56 Å². The predicted molar refractivity (Wildman–Crippen MR) is 101 cm³/mol. The van der Waals surface area contributed by atoms with E-state index in [4.69, 9.17) is 12.2 Å². The summed E-state index contributed by atoms with van der Waals surface area (Å²) in [5.41, 5.74) is 8.44. The van der Waals surface area contributed by atoms with Crippen molar-refractivity contribution in [1.82, 2.24) is 9.73 Å². The Kier molecular flexibility index (Phi) is 5.76. The number of aryl methyl sites for hydroxylation is 1. The number of anilines is 2. The summed E-state index contributed by atoms with van der Waals surface area (Å²) in [6.07, 6.45) is 0. The van der Waals surface area contributed by atoms with Gasteiger partial charge in [-0.1, -0.05) is 18.2 Å². The third-order valence-corrected chi connectivity index (χ3v) is 5.22. The van der Waals surface area contributed by atoms with E-state index in [0.717, 1.165) is 11.3 Å². The molecule has 0 atom stereocenters. The average molecular weight is 364 g/mol. The lowest BCUT2D eigenvalue weighted by Crippen LogP contribution is -2.33. The SMILES string of the molecule is Cc1cccc(NNC(=S)Nc2cccc(S(=O)(=O)N(C)C)c2)c1. The highest BCUT2D eigenvalue weighted by atomic mass is 32.2. The quantitative estimate of drug-likeness (QED) is 0.559. The Hall–Kier alpha value is -2.16. The molecule has 0 aliphatic carbocycles. The summed E-state index contributed by atoms with van der Waals surface area (Å²) in [5.74, 6) is 0. The first-order valence-corrected chi connectivity index (χ1v) is 9.06. The molecule has 0 fully saturated rings. The molecule has 3 N–H and O–H groups in total. The van der Waals surface area contributed by atoms with Crippen molar-refractivity contribution in [1.29, 1.82) is 0 Å². The maximum Gasteiger partial charge on any atom is 0.242 e. The number of thiocarbonyl (C=S) groups is 1. The van der Waals surface area contributed by atoms with Gasteiger partial charge in [-0.15, -0.1) is 0 Å². The van der Waals surface area contributed by atoms with Crippen molar-refractivity contribution in [3.63, 3.8) is 0 Å². The molecule has 0 radical (unpaired) electrons. The fourth-order valence-electron chi connectivity index (χ4n) is 1.96. The van der Waals surface area contributed by atoms with Crippen LogP contribution in [0.2, 0.25) is 0 Å². The van der Waals surface area contributed by atoms with Crippen molar-refractivity contribution in [2.75, 3.05) is 24.8 Å². The van der Waals surface area contributed by atoms with E-state index in [1.165, 1.54) is 24.5 Å². The highest BCUT2D eigenvalue weighted by Crippen LogP contribution is 2.18. The van der Waals surface area contributed by atoms with Crippen molar-refractivity contribution >= 4 is 38.7 Å². The zero-order valence-corrected chi connectivity index (χ0v) is 15.3. The summed E-state index contributed by atoms with van der Waals surface area (Å²) < 4.78 is 25.5. The van der Waals surface area contributed by atoms with E-state index in [9.17, 15) is 8.42 Å². The van der Waals surface area contributed by atoms with Gasteiger partial charge < -0.3 is 5.32 Å². The fourth-order valence-corrected chi connectivity index (χ4v) is 3.08. The van der Waals surface area contributed by atoms with Gasteiger partial charge in [0.2, 0.25) is 10.0 Å². The number of hydrogen-bond donors (Lipinski definition) is 3. The Labute approximate surface area is 147 Å². The standard InChI is InChI=1S/C16H20N4O2S2/c1-12-6-4-8-14(10-12)18-19-16(23)17-13-7-5-9-15(11-13)24(21,22)20(2)3/h4-11,18H,1-3H3,(H2,17,19,23). The molecule has 6 nitrogen and oxygen atoms in total. The van der Waals surface area contributed by atoms with Gasteiger partial charge in [-0.3, -0.25) is 10.9 Å². The molecular weight excluding hydrogens is 344 g/mol. The van der Waals surface area contributed by atoms with E-state index < -0.39 is 10.0 Å². The normalized spacial score (nSPS) is 11.2. The van der Waals surface area contributed by atoms with Crippen LogP contribution < -0.4 is 16.2 Å². The van der Waals surface area contributed by atoms with Crippen LogP contribution in [-0.2, 0) is 10.0 Å². The minimum Gasteiger partial charge on any atom is -0.331 e. The largest absolute Gasteiger partial charge is 0.331 e. The number of sulfonamides is 1. The van der Waals surface area contributed by atoms with Crippen LogP contribution in [-0.4, -0.2) is 31.9 Å². The third kappa shape index (κ3) is 4.67. The van der Waals surface area contributed by atoms with Gasteiger partial charge in [0, 0.05) is 19.8 Å². The minimum absolute atomic E-state index is 0.201. The molecular formula is C16H20N4O2S2. The van der Waals surface area contributed by atoms with Crippen LogP contribution in [0.4, 0.5) is 11.4 Å². The molecule has 0 heterocycles. The topological polar surface area (TPSA) is 73.5 Å². The molecule has 2 aromatic rings. The Morgan fingerprint density at radius 3 is 2.38 bits per heavy atom. The first kappa shape index (κ1) is 18.2. The van der Waals surface area contributed by atoms with E-state index in [-0.39, 0.29) is 4.90 Å². The van der Waals surface area contributed by atoms with Crippen LogP contribution in [0.3, 0.4) is 0 Å². The zero-order chi connectivity index (χ0) is 17.7. The first-order chi connectivity index (χ1) is 11.3. The molecule has 2 aromatic carbocycles. The van der Waals surface area contributed by atoms with Gasteiger partial charge >= 0.3 is 0 Å². The highest BCUT2D eigenvalue weighted by Gasteiger charge is 2.17. The van der Waals surface area contributed by atoms with E-state index in [2.05, 4.69) is 16.2 Å². The molecule has 0 saturated heterocycles. The first-order valence-electron chi connectivity index (χ1n) is 7.21. The molecule has 2 rings (SSSR count). The van der Waals surface area contributed by atoms with E-state index in [1.54, 1.807) is 18.2 Å². The second-order valence-electron chi connectivity index (χ2n) is 5.39. The fraction of sp³-hybridized carbons (Fsp3) is 0.188. The number of nitrogens with one attached hydrogen (secondary N) is 3. The Balaban J connectivity index is 2.02. The van der Waals surface area contributed by atoms with Gasteiger partial charge in [0.15, 0.2) is 5.11 Å². The van der Waals surface area contributed by atoms with Crippen LogP contribution >= 0.6 is 12.2 Å². The molecule has 24 heavy (non-hydrogen) atoms. The highest BCUT2D eigenvalue weighted by molar-refractivity contribution is 7.89. The van der Waals surface area contributed by atoms with Gasteiger partial charge in [0.05, 0.1) is 10.6 Å². The molecule has 8 heteroatoms. The second kappa shape index (κ2) is 7.61. The van der Waals surface area contributed by atoms with Crippen molar-refractivity contribution in [3.05, 3.63) is 54.1 Å². The number of nitrogens with zero attached hydrogens (tertiary/aromatic N) is 1. The number of rotatable bonds is 5. The van der Waals surface area contributed by atoms with Gasteiger partial charge in [-0.05, 0) is 55.0 Å². The molecule has 0 bridgehead atoms. The molecule has 0 unspecified atom stereocenters. The Morgan fingerprint density at radius 2 is 1.71 bits per heavy atom. The maximum atomic E-state index is 12.1. The lowest BCUT2D eigenvalue weighted by Gasteiger charge is -2.15. The summed E-state index contributed by atoms with van der Waals surface area (Å²) in [6.45, 7) is 2.00. The number of hydrazine groups is 1. The number of benzene rings is 2. The lowest BCUT2D eigenvalue weighted by molar-refractivity contribution is 0.521. The van der Waals surface area contributed by atoms with Crippen molar-refractivity contribution < 1.29 is 8.42 Å². The maximum absolute atomic E-state index is 12.1. The summed E-state index contributed by atoms with van der Waals surface area (Å²) in [4.78, 5) is 0.201. The molecule has 0 saturated carbocycles. The van der Waals surface area contributed by atoms with Crippen molar-refractivity contribution in [2.45, 2.75) is 11.8 Å². The summed E-state index contributed by atoms with van der Waals surface area (Å²) in [6, 6.07) is 14.3. The Bertz CT molecular complexity index is 835. The van der Waals surface area contributed by atoms with E-state index in [1.807, 2.05) is 31.2 Å².